The Balaban J connectivity index is 2.03. The van der Waals surface area contributed by atoms with E-state index >= 15 is 0 Å². The molecule has 7 nitrogen and oxygen atoms in total. The zero-order valence-electron chi connectivity index (χ0n) is 14.6. The standard InChI is InChI=1S/C19H18N2O5/c1-19(2,3)26-18(22)20-14-8-5-7-13(17(14)21(23)24)16-11-10-12-6-4-9-15(12)25-16/h4-11H,1-3H3,(H,20,22). The summed E-state index contributed by atoms with van der Waals surface area (Å²) in [7, 11) is 0. The molecule has 0 atom stereocenters. The fourth-order valence-corrected chi connectivity index (χ4v) is 2.56. The quantitative estimate of drug-likeness (QED) is 0.508. The van der Waals surface area contributed by atoms with Crippen molar-refractivity contribution in [1.82, 2.24) is 0 Å². The molecule has 26 heavy (non-hydrogen) atoms. The molecule has 0 saturated carbocycles. The van der Waals surface area contributed by atoms with Gasteiger partial charge in [0, 0.05) is 5.56 Å². The highest BCUT2D eigenvalue weighted by atomic mass is 16.6. The monoisotopic (exact) mass is 354 g/mol. The molecule has 1 heterocycles. The third-order valence-corrected chi connectivity index (χ3v) is 3.56. The van der Waals surface area contributed by atoms with E-state index in [2.05, 4.69) is 5.32 Å². The fourth-order valence-electron chi connectivity index (χ4n) is 2.56. The van der Waals surface area contributed by atoms with Crippen LogP contribution in [-0.4, -0.2) is 16.6 Å². The molecule has 1 aromatic rings. The van der Waals surface area contributed by atoms with Gasteiger partial charge in [-0.15, -0.1) is 0 Å². The topological polar surface area (TPSA) is 94.6 Å². The van der Waals surface area contributed by atoms with Crippen molar-refractivity contribution >= 4 is 17.5 Å². The average molecular weight is 354 g/mol. The van der Waals surface area contributed by atoms with Crippen LogP contribution in [0.3, 0.4) is 0 Å². The summed E-state index contributed by atoms with van der Waals surface area (Å²) in [5, 5.41) is 14.1. The van der Waals surface area contributed by atoms with Crippen LogP contribution >= 0.6 is 0 Å². The minimum Gasteiger partial charge on any atom is -0.456 e. The lowest BCUT2D eigenvalue weighted by atomic mass is 10.1. The van der Waals surface area contributed by atoms with Crippen LogP contribution in [0.2, 0.25) is 0 Å². The van der Waals surface area contributed by atoms with Crippen molar-refractivity contribution in [2.45, 2.75) is 26.4 Å². The largest absolute Gasteiger partial charge is 0.456 e. The number of rotatable bonds is 3. The molecule has 1 aliphatic heterocycles. The van der Waals surface area contributed by atoms with E-state index in [-0.39, 0.29) is 16.9 Å². The number of fused-ring (bicyclic) bond motifs is 1. The predicted molar refractivity (Wildman–Crippen MR) is 97.3 cm³/mol. The molecule has 0 radical (unpaired) electrons. The van der Waals surface area contributed by atoms with Crippen LogP contribution in [0, 0.1) is 10.1 Å². The zero-order chi connectivity index (χ0) is 18.9. The second-order valence-corrected chi connectivity index (χ2v) is 6.73. The van der Waals surface area contributed by atoms with Crippen molar-refractivity contribution in [2.75, 3.05) is 5.32 Å². The first-order valence-corrected chi connectivity index (χ1v) is 8.01. The average Bonchev–Trinajstić information content (AvgIpc) is 2.99. The van der Waals surface area contributed by atoms with Crippen LogP contribution in [0.4, 0.5) is 16.2 Å². The number of nitro groups is 1. The molecule has 0 aromatic heterocycles. The maximum Gasteiger partial charge on any atom is 0.412 e. The van der Waals surface area contributed by atoms with Crippen LogP contribution in [-0.2, 0) is 4.74 Å². The van der Waals surface area contributed by atoms with E-state index in [1.165, 1.54) is 6.07 Å². The molecule has 0 bridgehead atoms. The highest BCUT2D eigenvalue weighted by Crippen LogP contribution is 2.38. The molecule has 0 saturated heterocycles. The first kappa shape index (κ1) is 17.5. The van der Waals surface area contributed by atoms with Gasteiger partial charge in [-0.1, -0.05) is 18.2 Å². The summed E-state index contributed by atoms with van der Waals surface area (Å²) >= 11 is 0. The number of amides is 1. The number of para-hydroxylation sites is 1. The highest BCUT2D eigenvalue weighted by molar-refractivity contribution is 5.92. The number of nitrogens with zero attached hydrogens (tertiary/aromatic N) is 1. The lowest BCUT2D eigenvalue weighted by Crippen LogP contribution is -2.27. The van der Waals surface area contributed by atoms with Crippen LogP contribution in [0.25, 0.3) is 22.6 Å². The van der Waals surface area contributed by atoms with Gasteiger partial charge in [-0.25, -0.2) is 4.79 Å². The van der Waals surface area contributed by atoms with Crippen molar-refractivity contribution in [2.24, 2.45) is 0 Å². The summed E-state index contributed by atoms with van der Waals surface area (Å²) in [4.78, 5) is 23.1. The Kier molecular flexibility index (Phi) is 4.38. The number of ether oxygens (including phenoxy) is 1. The van der Waals surface area contributed by atoms with Gasteiger partial charge in [0.1, 0.15) is 22.8 Å². The molecule has 0 unspecified atom stereocenters. The third-order valence-electron chi connectivity index (χ3n) is 3.56. The van der Waals surface area contributed by atoms with Crippen molar-refractivity contribution in [3.63, 3.8) is 0 Å². The minimum absolute atomic E-state index is 0.0413. The zero-order valence-corrected chi connectivity index (χ0v) is 14.6. The number of benzene rings is 1. The van der Waals surface area contributed by atoms with Crippen molar-refractivity contribution in [3.05, 3.63) is 58.6 Å². The molecular weight excluding hydrogens is 336 g/mol. The van der Waals surface area contributed by atoms with Gasteiger partial charge >= 0.3 is 11.8 Å². The van der Waals surface area contributed by atoms with Crippen LogP contribution in [0.1, 0.15) is 20.8 Å². The minimum atomic E-state index is -0.763. The number of hydrogen-bond acceptors (Lipinski definition) is 5. The molecule has 134 valence electrons. The summed E-state index contributed by atoms with van der Waals surface area (Å²) in [5.74, 6) is 0.963. The Bertz CT molecular complexity index is 939. The Hall–Kier alpha value is -3.35. The SMILES string of the molecule is CC(C)(C)OC(=O)Nc1cccc(-c2ccc3cccc-3o2)c1[N+](=O)[O-]. The normalized spacial score (nSPS) is 11.3. The predicted octanol–water partition coefficient (Wildman–Crippen LogP) is 5.31. The molecule has 1 amide bonds. The summed E-state index contributed by atoms with van der Waals surface area (Å²) < 4.78 is 10.9. The van der Waals surface area contributed by atoms with Gasteiger partial charge in [0.05, 0.1) is 10.5 Å². The van der Waals surface area contributed by atoms with Gasteiger partial charge in [0.2, 0.25) is 0 Å². The molecule has 2 aliphatic rings. The number of nitrogens with one attached hydrogen (secondary N) is 1. The maximum absolute atomic E-state index is 12.0. The number of carbonyl (C=O) groups is 1. The van der Waals surface area contributed by atoms with Crippen molar-refractivity contribution in [3.8, 4) is 22.6 Å². The molecule has 1 N–H and O–H groups in total. The second-order valence-electron chi connectivity index (χ2n) is 6.73. The van der Waals surface area contributed by atoms with Gasteiger partial charge in [0.15, 0.2) is 0 Å². The number of hydrogen-bond donors (Lipinski definition) is 1. The summed E-state index contributed by atoms with van der Waals surface area (Å²) in [5.41, 5.74) is 0.243. The van der Waals surface area contributed by atoms with Gasteiger partial charge in [-0.3, -0.25) is 15.4 Å². The number of nitro benzene ring substituents is 1. The van der Waals surface area contributed by atoms with E-state index in [1.54, 1.807) is 45.0 Å². The second kappa shape index (κ2) is 6.51. The summed E-state index contributed by atoms with van der Waals surface area (Å²) in [6.07, 6.45) is -0.763. The van der Waals surface area contributed by atoms with E-state index in [0.717, 1.165) is 5.56 Å². The number of anilines is 1. The van der Waals surface area contributed by atoms with Crippen molar-refractivity contribution in [1.29, 1.82) is 0 Å². The van der Waals surface area contributed by atoms with Crippen molar-refractivity contribution < 1.29 is 18.9 Å². The van der Waals surface area contributed by atoms with Crippen LogP contribution in [0.5, 0.6) is 0 Å². The van der Waals surface area contributed by atoms with Gasteiger partial charge < -0.3 is 9.15 Å². The van der Waals surface area contributed by atoms with Gasteiger partial charge in [-0.05, 0) is 51.1 Å². The van der Waals surface area contributed by atoms with Gasteiger partial charge in [0.25, 0.3) is 0 Å². The van der Waals surface area contributed by atoms with E-state index in [0.29, 0.717) is 11.5 Å². The first-order chi connectivity index (χ1) is 12.2. The molecule has 7 heteroatoms. The van der Waals surface area contributed by atoms with E-state index in [4.69, 9.17) is 9.15 Å². The fraction of sp³-hybridized carbons (Fsp3) is 0.211. The Morgan fingerprint density at radius 1 is 1.08 bits per heavy atom. The lowest BCUT2D eigenvalue weighted by Gasteiger charge is -2.19. The molecule has 3 rings (SSSR count). The molecule has 0 fully saturated rings. The van der Waals surface area contributed by atoms with E-state index in [1.807, 2.05) is 18.2 Å². The molecular formula is C19H18N2O5. The van der Waals surface area contributed by atoms with Gasteiger partial charge in [-0.2, -0.15) is 0 Å². The molecule has 0 spiro atoms. The van der Waals surface area contributed by atoms with E-state index < -0.39 is 16.6 Å². The smallest absolute Gasteiger partial charge is 0.412 e. The summed E-state index contributed by atoms with van der Waals surface area (Å²) in [6.45, 7) is 5.14. The first-order valence-electron chi connectivity index (χ1n) is 8.01. The Labute approximate surface area is 150 Å². The number of carbonyl (C=O) groups excluding carboxylic acids is 1. The maximum atomic E-state index is 12.0. The summed E-state index contributed by atoms with van der Waals surface area (Å²) in [6, 6.07) is 13.6. The molecule has 1 aromatic carbocycles. The lowest BCUT2D eigenvalue weighted by molar-refractivity contribution is -0.383. The third kappa shape index (κ3) is 3.66. The van der Waals surface area contributed by atoms with Crippen LogP contribution in [0.15, 0.2) is 52.9 Å². The Morgan fingerprint density at radius 2 is 1.81 bits per heavy atom. The highest BCUT2D eigenvalue weighted by Gasteiger charge is 2.25. The van der Waals surface area contributed by atoms with Crippen LogP contribution < -0.4 is 5.32 Å². The molecule has 1 aliphatic carbocycles. The Morgan fingerprint density at radius 3 is 2.50 bits per heavy atom. The van der Waals surface area contributed by atoms with E-state index in [9.17, 15) is 14.9 Å².